The molecule has 0 aliphatic carbocycles. The second-order valence-corrected chi connectivity index (χ2v) is 4.18. The maximum atomic E-state index is 5.89. The van der Waals surface area contributed by atoms with Crippen molar-refractivity contribution in [2.45, 2.75) is 12.8 Å². The van der Waals surface area contributed by atoms with Crippen LogP contribution in [0.3, 0.4) is 0 Å². The molecule has 2 aromatic rings. The van der Waals surface area contributed by atoms with Gasteiger partial charge < -0.3 is 10.5 Å². The minimum atomic E-state index is 0.00792. The first-order valence-electron chi connectivity index (χ1n) is 5.88. The summed E-state index contributed by atoms with van der Waals surface area (Å²) in [5.41, 5.74) is 8.98. The maximum absolute atomic E-state index is 5.89. The Balaban J connectivity index is 2.48. The molecule has 0 aliphatic rings. The van der Waals surface area contributed by atoms with Crippen LogP contribution in [0.2, 0.25) is 0 Å². The largest absolute Gasteiger partial charge is 0.496 e. The molecule has 2 N–H and O–H groups in total. The van der Waals surface area contributed by atoms with E-state index in [2.05, 4.69) is 16.3 Å². The molecule has 94 valence electrons. The van der Waals surface area contributed by atoms with Crippen molar-refractivity contribution in [3.63, 3.8) is 0 Å². The number of ether oxygens (including phenoxy) is 1. The summed E-state index contributed by atoms with van der Waals surface area (Å²) in [5.74, 6) is 0.843. The van der Waals surface area contributed by atoms with Crippen molar-refractivity contribution in [2.75, 3.05) is 13.7 Å². The van der Waals surface area contributed by atoms with Crippen molar-refractivity contribution >= 4 is 0 Å². The Bertz CT molecular complexity index is 514. The van der Waals surface area contributed by atoms with Gasteiger partial charge in [0.05, 0.1) is 12.8 Å². The van der Waals surface area contributed by atoms with Gasteiger partial charge in [0.25, 0.3) is 0 Å². The van der Waals surface area contributed by atoms with Gasteiger partial charge in [-0.05, 0) is 25.1 Å². The molecule has 2 rings (SSSR count). The van der Waals surface area contributed by atoms with Crippen molar-refractivity contribution in [3.8, 4) is 5.75 Å². The van der Waals surface area contributed by atoms with Gasteiger partial charge in [0, 0.05) is 24.2 Å². The second-order valence-electron chi connectivity index (χ2n) is 4.18. The van der Waals surface area contributed by atoms with Gasteiger partial charge in [-0.15, -0.1) is 0 Å². The Morgan fingerprint density at radius 3 is 2.78 bits per heavy atom. The second kappa shape index (κ2) is 5.60. The van der Waals surface area contributed by atoms with E-state index in [-0.39, 0.29) is 5.92 Å². The highest BCUT2D eigenvalue weighted by Gasteiger charge is 2.18. The zero-order valence-electron chi connectivity index (χ0n) is 10.6. The van der Waals surface area contributed by atoms with Crippen LogP contribution in [0.15, 0.2) is 36.5 Å². The number of methoxy groups -OCH3 is 1. The Morgan fingerprint density at radius 1 is 1.33 bits per heavy atom. The van der Waals surface area contributed by atoms with Crippen LogP contribution in [0.25, 0.3) is 0 Å². The van der Waals surface area contributed by atoms with Gasteiger partial charge >= 0.3 is 0 Å². The lowest BCUT2D eigenvalue weighted by atomic mass is 9.93. The quantitative estimate of drug-likeness (QED) is 0.890. The predicted molar refractivity (Wildman–Crippen MR) is 70.7 cm³/mol. The molecular formula is C14H17N3O. The summed E-state index contributed by atoms with van der Waals surface area (Å²) in [6, 6.07) is 9.88. The Hall–Kier alpha value is -1.94. The summed E-state index contributed by atoms with van der Waals surface area (Å²) in [6.45, 7) is 2.52. The van der Waals surface area contributed by atoms with Gasteiger partial charge in [0.1, 0.15) is 5.75 Å². The standard InChI is InChI=1S/C14H17N3O/c1-10-5-6-14(18-2)11(8-10)12(9-15)13-4-3-7-16-17-13/h3-8,12H,9,15H2,1-2H3. The smallest absolute Gasteiger partial charge is 0.122 e. The number of hydrogen-bond donors (Lipinski definition) is 1. The van der Waals surface area contributed by atoms with Crippen molar-refractivity contribution in [2.24, 2.45) is 5.73 Å². The number of benzene rings is 1. The number of hydrogen-bond acceptors (Lipinski definition) is 4. The third-order valence-corrected chi connectivity index (χ3v) is 2.95. The lowest BCUT2D eigenvalue weighted by molar-refractivity contribution is 0.407. The molecule has 0 fully saturated rings. The molecule has 0 saturated carbocycles. The molecule has 1 atom stereocenters. The minimum absolute atomic E-state index is 0.00792. The SMILES string of the molecule is COc1ccc(C)cc1C(CN)c1cccnn1. The molecule has 0 amide bonds. The number of aromatic nitrogens is 2. The first-order valence-corrected chi connectivity index (χ1v) is 5.88. The predicted octanol–water partition coefficient (Wildman–Crippen LogP) is 1.88. The number of nitrogens with two attached hydrogens (primary N) is 1. The van der Waals surface area contributed by atoms with Crippen LogP contribution in [0.5, 0.6) is 5.75 Å². The summed E-state index contributed by atoms with van der Waals surface area (Å²) in [5, 5.41) is 8.06. The lowest BCUT2D eigenvalue weighted by Crippen LogP contribution is -2.16. The summed E-state index contributed by atoms with van der Waals surface area (Å²) in [4.78, 5) is 0. The first-order chi connectivity index (χ1) is 8.76. The molecule has 0 spiro atoms. The average molecular weight is 243 g/mol. The molecule has 1 aromatic carbocycles. The van der Waals surface area contributed by atoms with Gasteiger partial charge in [0.2, 0.25) is 0 Å². The van der Waals surface area contributed by atoms with Gasteiger partial charge in [-0.3, -0.25) is 0 Å². The third-order valence-electron chi connectivity index (χ3n) is 2.95. The fourth-order valence-electron chi connectivity index (χ4n) is 2.03. The molecule has 1 aromatic heterocycles. The summed E-state index contributed by atoms with van der Waals surface area (Å²) in [6.07, 6.45) is 1.66. The van der Waals surface area contributed by atoms with E-state index >= 15 is 0 Å². The molecular weight excluding hydrogens is 226 g/mol. The molecule has 0 aliphatic heterocycles. The molecule has 0 bridgehead atoms. The van der Waals surface area contributed by atoms with Crippen molar-refractivity contribution in [1.29, 1.82) is 0 Å². The van der Waals surface area contributed by atoms with Crippen LogP contribution in [-0.2, 0) is 0 Å². The van der Waals surface area contributed by atoms with E-state index in [1.807, 2.05) is 31.2 Å². The van der Waals surface area contributed by atoms with Gasteiger partial charge in [-0.2, -0.15) is 10.2 Å². The Morgan fingerprint density at radius 2 is 2.17 bits per heavy atom. The van der Waals surface area contributed by atoms with E-state index in [9.17, 15) is 0 Å². The van der Waals surface area contributed by atoms with Crippen LogP contribution in [0.1, 0.15) is 22.7 Å². The van der Waals surface area contributed by atoms with Crippen LogP contribution in [-0.4, -0.2) is 23.9 Å². The van der Waals surface area contributed by atoms with E-state index in [0.717, 1.165) is 17.0 Å². The summed E-state index contributed by atoms with van der Waals surface area (Å²) in [7, 11) is 1.67. The van der Waals surface area contributed by atoms with Crippen LogP contribution < -0.4 is 10.5 Å². The molecule has 0 saturated heterocycles. The Labute approximate surface area is 107 Å². The van der Waals surface area contributed by atoms with Crippen LogP contribution in [0.4, 0.5) is 0 Å². The van der Waals surface area contributed by atoms with Crippen LogP contribution in [0, 0.1) is 6.92 Å². The van der Waals surface area contributed by atoms with Gasteiger partial charge in [-0.25, -0.2) is 0 Å². The monoisotopic (exact) mass is 243 g/mol. The van der Waals surface area contributed by atoms with Crippen LogP contribution >= 0.6 is 0 Å². The van der Waals surface area contributed by atoms with Crippen molar-refractivity contribution < 1.29 is 4.74 Å². The highest BCUT2D eigenvalue weighted by atomic mass is 16.5. The maximum Gasteiger partial charge on any atom is 0.122 e. The highest BCUT2D eigenvalue weighted by molar-refractivity contribution is 5.43. The Kier molecular flexibility index (Phi) is 3.89. The molecule has 4 nitrogen and oxygen atoms in total. The molecule has 18 heavy (non-hydrogen) atoms. The lowest BCUT2D eigenvalue weighted by Gasteiger charge is -2.18. The third kappa shape index (κ3) is 2.49. The van der Waals surface area contributed by atoms with Gasteiger partial charge in [-0.1, -0.05) is 17.7 Å². The number of nitrogens with zero attached hydrogens (tertiary/aromatic N) is 2. The number of aryl methyl sites for hydroxylation is 1. The fourth-order valence-corrected chi connectivity index (χ4v) is 2.03. The normalized spacial score (nSPS) is 12.2. The van der Waals surface area contributed by atoms with E-state index < -0.39 is 0 Å². The first kappa shape index (κ1) is 12.5. The molecule has 4 heteroatoms. The molecule has 0 radical (unpaired) electrons. The number of rotatable bonds is 4. The van der Waals surface area contributed by atoms with Crippen molar-refractivity contribution in [1.82, 2.24) is 10.2 Å². The van der Waals surface area contributed by atoms with E-state index in [4.69, 9.17) is 10.5 Å². The van der Waals surface area contributed by atoms with Gasteiger partial charge in [0.15, 0.2) is 0 Å². The topological polar surface area (TPSA) is 61.0 Å². The minimum Gasteiger partial charge on any atom is -0.496 e. The average Bonchev–Trinajstić information content (AvgIpc) is 2.41. The summed E-state index contributed by atoms with van der Waals surface area (Å²) < 4.78 is 5.40. The molecule has 1 heterocycles. The molecule has 1 unspecified atom stereocenters. The zero-order chi connectivity index (χ0) is 13.0. The van der Waals surface area contributed by atoms with E-state index in [1.54, 1.807) is 13.3 Å². The van der Waals surface area contributed by atoms with E-state index in [1.165, 1.54) is 5.56 Å². The highest BCUT2D eigenvalue weighted by Crippen LogP contribution is 2.30. The summed E-state index contributed by atoms with van der Waals surface area (Å²) >= 11 is 0. The van der Waals surface area contributed by atoms with Crippen molar-refractivity contribution in [3.05, 3.63) is 53.3 Å². The zero-order valence-corrected chi connectivity index (χ0v) is 10.6. The van der Waals surface area contributed by atoms with E-state index in [0.29, 0.717) is 6.54 Å². The fraction of sp³-hybridized carbons (Fsp3) is 0.286.